The van der Waals surface area contributed by atoms with Crippen molar-refractivity contribution in [1.82, 2.24) is 23.5 Å². The number of benzene rings is 1. The Bertz CT molecular complexity index is 999. The molecule has 0 amide bonds. The molecule has 2 fully saturated rings. The van der Waals surface area contributed by atoms with E-state index in [-0.39, 0.29) is 0 Å². The lowest BCUT2D eigenvalue weighted by molar-refractivity contribution is 0.101. The van der Waals surface area contributed by atoms with E-state index in [1.165, 1.54) is 36.8 Å². The molecule has 0 radical (unpaired) electrons. The number of fused-ring (bicyclic) bond motifs is 1. The molecule has 9 heteroatoms. The van der Waals surface area contributed by atoms with E-state index in [4.69, 9.17) is 16.3 Å². The summed E-state index contributed by atoms with van der Waals surface area (Å²) < 4.78 is 14.6. The lowest BCUT2D eigenvalue weighted by atomic mass is 9.95. The lowest BCUT2D eigenvalue weighted by Crippen LogP contribution is -2.49. The van der Waals surface area contributed by atoms with Crippen LogP contribution >= 0.6 is 23.3 Å². The molecular weight excluding hydrogens is 444 g/mol. The predicted octanol–water partition coefficient (Wildman–Crippen LogP) is 3.65. The zero-order valence-electron chi connectivity index (χ0n) is 18.2. The van der Waals surface area contributed by atoms with Gasteiger partial charge in [-0.2, -0.15) is 8.75 Å². The Kier molecular flexibility index (Phi) is 7.02. The number of pyridine rings is 1. The van der Waals surface area contributed by atoms with Crippen LogP contribution in [0.2, 0.25) is 5.02 Å². The third kappa shape index (κ3) is 5.31. The monoisotopic (exact) mass is 472 g/mol. The van der Waals surface area contributed by atoms with E-state index in [0.29, 0.717) is 0 Å². The minimum absolute atomic E-state index is 0.719. The molecule has 0 aliphatic carbocycles. The van der Waals surface area contributed by atoms with Crippen molar-refractivity contribution in [3.63, 3.8) is 0 Å². The summed E-state index contributed by atoms with van der Waals surface area (Å²) in [5.41, 5.74) is 2.91. The lowest BCUT2D eigenvalue weighted by Gasteiger charge is -2.39. The first kappa shape index (κ1) is 21.8. The highest BCUT2D eigenvalue weighted by Gasteiger charge is 2.25. The molecule has 4 heterocycles. The Hall–Kier alpha value is -2.00. The Morgan fingerprint density at radius 2 is 1.69 bits per heavy atom. The van der Waals surface area contributed by atoms with Gasteiger partial charge in [-0.05, 0) is 49.1 Å². The summed E-state index contributed by atoms with van der Waals surface area (Å²) in [6, 6.07) is 9.68. The van der Waals surface area contributed by atoms with E-state index < -0.39 is 0 Å². The van der Waals surface area contributed by atoms with E-state index in [1.807, 2.05) is 30.5 Å². The summed E-state index contributed by atoms with van der Waals surface area (Å²) in [7, 11) is 0. The maximum Gasteiger partial charge on any atom is 0.195 e. The van der Waals surface area contributed by atoms with Crippen LogP contribution in [0.1, 0.15) is 12.8 Å². The molecule has 0 N–H and O–H groups in total. The van der Waals surface area contributed by atoms with Crippen molar-refractivity contribution in [2.24, 2.45) is 5.92 Å². The molecule has 0 bridgehead atoms. The third-order valence-corrected chi connectivity index (χ3v) is 7.34. The molecule has 7 nitrogen and oxygen atoms in total. The zero-order valence-corrected chi connectivity index (χ0v) is 19.8. The van der Waals surface area contributed by atoms with Crippen molar-refractivity contribution < 1.29 is 4.74 Å². The standard InChI is InChI=1S/C23H29ClN6OS/c24-19-1-3-20(4-2-19)31-16-15-28-11-13-29(14-12-28)17-18-6-9-30(10-7-18)21-5-8-25-23-22(21)26-32-27-23/h1-5,8,18H,6-7,9-17H2. The number of hydrogen-bond acceptors (Lipinski definition) is 8. The van der Waals surface area contributed by atoms with Gasteiger partial charge in [0.05, 0.1) is 17.4 Å². The Morgan fingerprint density at radius 3 is 2.47 bits per heavy atom. The summed E-state index contributed by atoms with van der Waals surface area (Å²) in [4.78, 5) is 11.9. The number of aromatic nitrogens is 3. The normalized spacial score (nSPS) is 19.0. The van der Waals surface area contributed by atoms with Gasteiger partial charge in [0.2, 0.25) is 0 Å². The number of anilines is 1. The molecule has 0 atom stereocenters. The van der Waals surface area contributed by atoms with Gasteiger partial charge in [0.15, 0.2) is 5.65 Å². The van der Waals surface area contributed by atoms with E-state index in [0.717, 1.165) is 80.3 Å². The molecule has 5 rings (SSSR count). The van der Waals surface area contributed by atoms with Gasteiger partial charge >= 0.3 is 0 Å². The van der Waals surface area contributed by atoms with Crippen LogP contribution in [0.4, 0.5) is 5.69 Å². The molecular formula is C23H29ClN6OS. The number of halogens is 1. The average Bonchev–Trinajstić information content (AvgIpc) is 3.31. The van der Waals surface area contributed by atoms with E-state index in [9.17, 15) is 0 Å². The summed E-state index contributed by atoms with van der Waals surface area (Å²) in [6.45, 7) is 9.62. The first-order chi connectivity index (χ1) is 15.7. The molecule has 0 spiro atoms. The maximum atomic E-state index is 5.93. The van der Waals surface area contributed by atoms with Crippen molar-refractivity contribution in [3.05, 3.63) is 41.6 Å². The highest BCUT2D eigenvalue weighted by Crippen LogP contribution is 2.28. The van der Waals surface area contributed by atoms with E-state index in [1.54, 1.807) is 0 Å². The summed E-state index contributed by atoms with van der Waals surface area (Å²) in [6.07, 6.45) is 4.32. The van der Waals surface area contributed by atoms with Gasteiger partial charge in [0.25, 0.3) is 0 Å². The fourth-order valence-electron chi connectivity index (χ4n) is 4.68. The Labute approximate surface area is 198 Å². The second-order valence-electron chi connectivity index (χ2n) is 8.64. The van der Waals surface area contributed by atoms with Gasteiger partial charge in [-0.3, -0.25) is 4.90 Å². The number of ether oxygens (including phenoxy) is 1. The summed E-state index contributed by atoms with van der Waals surface area (Å²) in [5, 5.41) is 0.741. The number of piperidine rings is 1. The molecule has 1 aromatic carbocycles. The van der Waals surface area contributed by atoms with Crippen molar-refractivity contribution in [2.75, 3.05) is 63.9 Å². The molecule has 2 aliphatic rings. The van der Waals surface area contributed by atoms with Crippen molar-refractivity contribution >= 4 is 40.2 Å². The molecule has 3 aromatic rings. The van der Waals surface area contributed by atoms with Gasteiger partial charge in [-0.25, -0.2) is 4.98 Å². The largest absolute Gasteiger partial charge is 0.492 e. The van der Waals surface area contributed by atoms with Crippen molar-refractivity contribution in [1.29, 1.82) is 0 Å². The highest BCUT2D eigenvalue weighted by atomic mass is 35.5. The molecule has 2 aromatic heterocycles. The zero-order chi connectivity index (χ0) is 21.8. The fraction of sp³-hybridized carbons (Fsp3) is 0.522. The number of piperazine rings is 1. The first-order valence-electron chi connectivity index (χ1n) is 11.4. The molecule has 0 unspecified atom stereocenters. The van der Waals surface area contributed by atoms with E-state index >= 15 is 0 Å². The third-order valence-electron chi connectivity index (χ3n) is 6.57. The second-order valence-corrected chi connectivity index (χ2v) is 9.61. The Morgan fingerprint density at radius 1 is 0.938 bits per heavy atom. The van der Waals surface area contributed by atoms with Crippen molar-refractivity contribution in [2.45, 2.75) is 12.8 Å². The summed E-state index contributed by atoms with van der Waals surface area (Å²) >= 11 is 7.17. The topological polar surface area (TPSA) is 57.6 Å². The minimum Gasteiger partial charge on any atom is -0.492 e. The quantitative estimate of drug-likeness (QED) is 0.520. The smallest absolute Gasteiger partial charge is 0.195 e. The fourth-order valence-corrected chi connectivity index (χ4v) is 5.32. The second kappa shape index (κ2) is 10.3. The molecule has 2 aliphatic heterocycles. The minimum atomic E-state index is 0.719. The number of rotatable bonds is 7. The highest BCUT2D eigenvalue weighted by molar-refractivity contribution is 7.00. The predicted molar refractivity (Wildman–Crippen MR) is 130 cm³/mol. The average molecular weight is 473 g/mol. The molecule has 32 heavy (non-hydrogen) atoms. The van der Waals surface area contributed by atoms with Gasteiger partial charge < -0.3 is 14.5 Å². The van der Waals surface area contributed by atoms with E-state index in [2.05, 4.69) is 34.5 Å². The van der Waals surface area contributed by atoms with Crippen LogP contribution in [0.25, 0.3) is 11.2 Å². The number of hydrogen-bond donors (Lipinski definition) is 0. The van der Waals surface area contributed by atoms with Gasteiger partial charge in [-0.15, -0.1) is 0 Å². The van der Waals surface area contributed by atoms with Crippen LogP contribution in [0.15, 0.2) is 36.5 Å². The molecule has 0 saturated carbocycles. The van der Waals surface area contributed by atoms with Gasteiger partial charge in [-0.1, -0.05) is 11.6 Å². The molecule has 170 valence electrons. The van der Waals surface area contributed by atoms with Crippen LogP contribution < -0.4 is 9.64 Å². The van der Waals surface area contributed by atoms with Gasteiger partial charge in [0, 0.05) is 63.6 Å². The van der Waals surface area contributed by atoms with Crippen molar-refractivity contribution in [3.8, 4) is 5.75 Å². The number of nitrogens with zero attached hydrogens (tertiary/aromatic N) is 6. The Balaban J connectivity index is 1.02. The molecule has 2 saturated heterocycles. The SMILES string of the molecule is Clc1ccc(OCCN2CCN(CC3CCN(c4ccnc5nsnc45)CC3)CC2)cc1. The van der Waals surface area contributed by atoms with Gasteiger partial charge in [0.1, 0.15) is 17.9 Å². The first-order valence-corrected chi connectivity index (χ1v) is 12.5. The van der Waals surface area contributed by atoms with Crippen LogP contribution in [-0.4, -0.2) is 82.5 Å². The van der Waals surface area contributed by atoms with Crippen LogP contribution in [0, 0.1) is 5.92 Å². The van der Waals surface area contributed by atoms with Crippen LogP contribution in [-0.2, 0) is 0 Å². The maximum absolute atomic E-state index is 5.93. The van der Waals surface area contributed by atoms with Crippen LogP contribution in [0.3, 0.4) is 0 Å². The van der Waals surface area contributed by atoms with Crippen LogP contribution in [0.5, 0.6) is 5.75 Å². The summed E-state index contributed by atoms with van der Waals surface area (Å²) in [5.74, 6) is 1.66.